The molecule has 182 valence electrons. The lowest BCUT2D eigenvalue weighted by Gasteiger charge is -2.19. The van der Waals surface area contributed by atoms with E-state index in [4.69, 9.17) is 9.72 Å². The Kier molecular flexibility index (Phi) is 6.82. The normalized spacial score (nSPS) is 12.7. The number of rotatable bonds is 7. The number of carbonyl (C=O) groups excluding carboxylic acids is 1. The van der Waals surface area contributed by atoms with Crippen molar-refractivity contribution >= 4 is 16.9 Å². The molecule has 0 aliphatic carbocycles. The molecule has 0 bridgehead atoms. The van der Waals surface area contributed by atoms with Gasteiger partial charge in [0.2, 0.25) is 0 Å². The van der Waals surface area contributed by atoms with Gasteiger partial charge in [0.05, 0.1) is 23.1 Å². The second-order valence-corrected chi connectivity index (χ2v) is 8.62. The summed E-state index contributed by atoms with van der Waals surface area (Å²) in [7, 11) is 0. The van der Waals surface area contributed by atoms with E-state index in [-0.39, 0.29) is 24.1 Å². The summed E-state index contributed by atoms with van der Waals surface area (Å²) in [6.07, 6.45) is -5.04. The molecule has 0 aliphatic heterocycles. The average molecular weight is 482 g/mol. The van der Waals surface area contributed by atoms with Crippen LogP contribution in [0.1, 0.15) is 54.2 Å². The van der Waals surface area contributed by atoms with Gasteiger partial charge in [-0.25, -0.2) is 4.98 Å². The van der Waals surface area contributed by atoms with Crippen molar-refractivity contribution in [1.29, 1.82) is 0 Å². The topological polar surface area (TPSA) is 56.1 Å². The van der Waals surface area contributed by atoms with E-state index in [1.807, 2.05) is 32.0 Å². The number of amides is 1. The minimum atomic E-state index is -4.48. The largest absolute Gasteiger partial charge is 0.483 e. The van der Waals surface area contributed by atoms with Crippen LogP contribution in [0.5, 0.6) is 5.75 Å². The first-order valence-corrected chi connectivity index (χ1v) is 11.3. The monoisotopic (exact) mass is 481 g/mol. The van der Waals surface area contributed by atoms with E-state index in [9.17, 15) is 18.0 Å². The molecule has 1 heterocycles. The molecule has 8 heteroatoms. The number of alkyl halides is 3. The summed E-state index contributed by atoms with van der Waals surface area (Å²) >= 11 is 0. The zero-order valence-electron chi connectivity index (χ0n) is 19.6. The Morgan fingerprint density at radius 1 is 1.00 bits per heavy atom. The molecule has 0 spiro atoms. The first-order valence-electron chi connectivity index (χ1n) is 11.3. The van der Waals surface area contributed by atoms with Crippen molar-refractivity contribution in [3.63, 3.8) is 0 Å². The van der Waals surface area contributed by atoms with Gasteiger partial charge in [0.1, 0.15) is 5.75 Å². The fourth-order valence-corrected chi connectivity index (χ4v) is 3.97. The lowest BCUT2D eigenvalue weighted by Crippen LogP contribution is -2.29. The molecule has 0 radical (unpaired) electrons. The van der Waals surface area contributed by atoms with E-state index in [0.29, 0.717) is 28.2 Å². The van der Waals surface area contributed by atoms with E-state index in [1.54, 1.807) is 47.9 Å². The minimum absolute atomic E-state index is 0.0375. The Morgan fingerprint density at radius 2 is 1.69 bits per heavy atom. The first kappa shape index (κ1) is 24.3. The molecular formula is C27H26F3N3O2. The SMILES string of the molecule is CC(C)NC(=O)c1ccc2c(c1)nc(C(C)Oc1ccccc1)n2Cc1ccccc1C(F)(F)F. The fraction of sp³-hybridized carbons (Fsp3) is 0.259. The molecule has 0 aliphatic rings. The third-order valence-electron chi connectivity index (χ3n) is 5.53. The number of fused-ring (bicyclic) bond motifs is 1. The highest BCUT2D eigenvalue weighted by Gasteiger charge is 2.33. The zero-order chi connectivity index (χ0) is 25.2. The van der Waals surface area contributed by atoms with Crippen LogP contribution in [-0.4, -0.2) is 21.5 Å². The molecule has 0 fully saturated rings. The van der Waals surface area contributed by atoms with Gasteiger partial charge >= 0.3 is 6.18 Å². The van der Waals surface area contributed by atoms with Crippen LogP contribution in [0.4, 0.5) is 13.2 Å². The van der Waals surface area contributed by atoms with Crippen LogP contribution >= 0.6 is 0 Å². The van der Waals surface area contributed by atoms with Crippen molar-refractivity contribution in [3.05, 3.63) is 95.3 Å². The number of nitrogens with one attached hydrogen (secondary N) is 1. The summed E-state index contributed by atoms with van der Waals surface area (Å²) < 4.78 is 48.8. The van der Waals surface area contributed by atoms with Gasteiger partial charge in [0.15, 0.2) is 11.9 Å². The maximum absolute atomic E-state index is 13.7. The van der Waals surface area contributed by atoms with Crippen LogP contribution in [0.25, 0.3) is 11.0 Å². The molecular weight excluding hydrogens is 455 g/mol. The summed E-state index contributed by atoms with van der Waals surface area (Å²) in [6.45, 7) is 5.47. The van der Waals surface area contributed by atoms with Gasteiger partial charge in [-0.15, -0.1) is 0 Å². The summed E-state index contributed by atoms with van der Waals surface area (Å²) in [5.74, 6) is 0.836. The number of hydrogen-bond donors (Lipinski definition) is 1. The minimum Gasteiger partial charge on any atom is -0.483 e. The average Bonchev–Trinajstić information content (AvgIpc) is 3.16. The molecule has 3 aromatic carbocycles. The Morgan fingerprint density at radius 3 is 2.37 bits per heavy atom. The molecule has 0 saturated carbocycles. The number of ether oxygens (including phenoxy) is 1. The number of halogens is 3. The third kappa shape index (κ3) is 5.48. The summed E-state index contributed by atoms with van der Waals surface area (Å²) in [5, 5.41) is 2.84. The fourth-order valence-electron chi connectivity index (χ4n) is 3.97. The molecule has 5 nitrogen and oxygen atoms in total. The molecule has 1 N–H and O–H groups in total. The summed E-state index contributed by atoms with van der Waals surface area (Å²) in [6, 6.07) is 19.6. The molecule has 4 rings (SSSR count). The van der Waals surface area contributed by atoms with Crippen molar-refractivity contribution in [2.45, 2.75) is 45.6 Å². The Balaban J connectivity index is 1.80. The quantitative estimate of drug-likeness (QED) is 0.333. The number of carbonyl (C=O) groups is 1. The van der Waals surface area contributed by atoms with Crippen molar-refractivity contribution in [2.24, 2.45) is 0 Å². The van der Waals surface area contributed by atoms with Crippen LogP contribution in [0.15, 0.2) is 72.8 Å². The van der Waals surface area contributed by atoms with E-state index in [2.05, 4.69) is 5.32 Å². The van der Waals surface area contributed by atoms with Gasteiger partial charge in [0.25, 0.3) is 5.91 Å². The molecule has 35 heavy (non-hydrogen) atoms. The molecule has 1 aromatic heterocycles. The number of imidazole rings is 1. The van der Waals surface area contributed by atoms with E-state index in [0.717, 1.165) is 6.07 Å². The maximum atomic E-state index is 13.7. The highest BCUT2D eigenvalue weighted by atomic mass is 19.4. The lowest BCUT2D eigenvalue weighted by atomic mass is 10.1. The zero-order valence-corrected chi connectivity index (χ0v) is 19.6. The molecule has 1 unspecified atom stereocenters. The number of benzene rings is 3. The van der Waals surface area contributed by atoms with Gasteiger partial charge in [-0.2, -0.15) is 13.2 Å². The van der Waals surface area contributed by atoms with Crippen LogP contribution in [0.3, 0.4) is 0 Å². The number of aromatic nitrogens is 2. The lowest BCUT2D eigenvalue weighted by molar-refractivity contribution is -0.138. The Bertz CT molecular complexity index is 1330. The van der Waals surface area contributed by atoms with E-state index >= 15 is 0 Å². The van der Waals surface area contributed by atoms with Crippen LogP contribution in [0.2, 0.25) is 0 Å². The molecule has 0 saturated heterocycles. The second-order valence-electron chi connectivity index (χ2n) is 8.62. The van der Waals surface area contributed by atoms with Crippen molar-refractivity contribution < 1.29 is 22.7 Å². The standard InChI is InChI=1S/C27H26F3N3O2/c1-17(2)31-26(34)19-13-14-24-23(15-19)32-25(18(3)35-21-10-5-4-6-11-21)33(24)16-20-9-7-8-12-22(20)27(28,29)30/h4-15,17-18H,16H2,1-3H3,(H,31,34). The van der Waals surface area contributed by atoms with Gasteiger partial charge in [-0.05, 0) is 62.7 Å². The predicted octanol–water partition coefficient (Wildman–Crippen LogP) is 6.38. The maximum Gasteiger partial charge on any atom is 0.416 e. The van der Waals surface area contributed by atoms with Crippen molar-refractivity contribution in [1.82, 2.24) is 14.9 Å². The van der Waals surface area contributed by atoms with E-state index in [1.165, 1.54) is 12.1 Å². The van der Waals surface area contributed by atoms with Crippen LogP contribution in [-0.2, 0) is 12.7 Å². The third-order valence-corrected chi connectivity index (χ3v) is 5.53. The Hall–Kier alpha value is -3.81. The first-order chi connectivity index (χ1) is 16.6. The van der Waals surface area contributed by atoms with Crippen molar-refractivity contribution in [3.8, 4) is 5.75 Å². The highest BCUT2D eigenvalue weighted by Crippen LogP contribution is 2.34. The van der Waals surface area contributed by atoms with Crippen LogP contribution < -0.4 is 10.1 Å². The predicted molar refractivity (Wildman–Crippen MR) is 128 cm³/mol. The number of nitrogens with zero attached hydrogens (tertiary/aromatic N) is 2. The Labute approximate surface area is 201 Å². The summed E-state index contributed by atoms with van der Waals surface area (Å²) in [5.41, 5.74) is 0.965. The van der Waals surface area contributed by atoms with Gasteiger partial charge in [-0.3, -0.25) is 4.79 Å². The van der Waals surface area contributed by atoms with Gasteiger partial charge in [0, 0.05) is 11.6 Å². The molecule has 1 amide bonds. The van der Waals surface area contributed by atoms with Gasteiger partial charge in [-0.1, -0.05) is 36.4 Å². The number of para-hydroxylation sites is 1. The van der Waals surface area contributed by atoms with Crippen LogP contribution in [0, 0.1) is 0 Å². The van der Waals surface area contributed by atoms with Gasteiger partial charge < -0.3 is 14.6 Å². The highest BCUT2D eigenvalue weighted by molar-refractivity contribution is 5.97. The molecule has 1 atom stereocenters. The van der Waals surface area contributed by atoms with Crippen molar-refractivity contribution in [2.75, 3.05) is 0 Å². The van der Waals surface area contributed by atoms with E-state index < -0.39 is 17.8 Å². The smallest absolute Gasteiger partial charge is 0.416 e. The number of hydrogen-bond acceptors (Lipinski definition) is 3. The molecule has 4 aromatic rings. The summed E-state index contributed by atoms with van der Waals surface area (Å²) in [4.78, 5) is 17.2. The second kappa shape index (κ2) is 9.82.